The van der Waals surface area contributed by atoms with E-state index < -0.39 is 0 Å². The number of para-hydroxylation sites is 1. The molecule has 0 fully saturated rings. The van der Waals surface area contributed by atoms with E-state index in [1.54, 1.807) is 18.2 Å². The van der Waals surface area contributed by atoms with Crippen LogP contribution in [0.4, 0.5) is 0 Å². The van der Waals surface area contributed by atoms with E-state index in [9.17, 15) is 0 Å². The fraction of sp³-hybridized carbons (Fsp3) is 0. The van der Waals surface area contributed by atoms with Crippen molar-refractivity contribution < 1.29 is 4.74 Å². The lowest BCUT2D eigenvalue weighted by molar-refractivity contribution is 0.555. The van der Waals surface area contributed by atoms with Gasteiger partial charge in [-0.1, -0.05) is 43.5 Å². The molecule has 0 heterocycles. The molecular weight excluding hydrogens is 186 g/mol. The van der Waals surface area contributed by atoms with Crippen molar-refractivity contribution in [3.05, 3.63) is 67.9 Å². The van der Waals surface area contributed by atoms with E-state index in [0.717, 1.165) is 5.75 Å². The average molecular weight is 199 g/mol. The molecule has 0 unspecified atom stereocenters. The van der Waals surface area contributed by atoms with Gasteiger partial charge in [-0.2, -0.15) is 0 Å². The van der Waals surface area contributed by atoms with E-state index in [2.05, 4.69) is 18.2 Å². The zero-order valence-electron chi connectivity index (χ0n) is 8.47. The van der Waals surface area contributed by atoms with Crippen molar-refractivity contribution in [3.8, 4) is 5.75 Å². The second kappa shape index (κ2) is 6.38. The van der Waals surface area contributed by atoms with Crippen molar-refractivity contribution in [1.29, 1.82) is 0 Å². The monoisotopic (exact) mass is 199 g/mol. The highest BCUT2D eigenvalue weighted by Gasteiger charge is 1.95. The Bertz CT molecular complexity index is 377. The van der Waals surface area contributed by atoms with Crippen LogP contribution in [0.2, 0.25) is 0 Å². The fourth-order valence-corrected chi connectivity index (χ4v) is 0.953. The van der Waals surface area contributed by atoms with Crippen molar-refractivity contribution in [2.24, 2.45) is 4.99 Å². The van der Waals surface area contributed by atoms with Gasteiger partial charge in [0.15, 0.2) is 0 Å². The molecule has 1 aromatic carbocycles. The number of rotatable bonds is 4. The summed E-state index contributed by atoms with van der Waals surface area (Å²) in [5.41, 5.74) is 0. The molecule has 0 aliphatic rings. The molecule has 1 rings (SSSR count). The summed E-state index contributed by atoms with van der Waals surface area (Å²) in [5, 5.41) is 0. The third-order valence-corrected chi connectivity index (χ3v) is 1.56. The van der Waals surface area contributed by atoms with Gasteiger partial charge in [0, 0.05) is 12.3 Å². The number of aliphatic imine (C=N–C) groups is 1. The van der Waals surface area contributed by atoms with Gasteiger partial charge >= 0.3 is 0 Å². The first kappa shape index (κ1) is 11.0. The van der Waals surface area contributed by atoms with Gasteiger partial charge < -0.3 is 4.74 Å². The maximum Gasteiger partial charge on any atom is 0.219 e. The Balaban J connectivity index is 2.76. The van der Waals surface area contributed by atoms with Gasteiger partial charge in [0.1, 0.15) is 5.75 Å². The first-order chi connectivity index (χ1) is 7.36. The summed E-state index contributed by atoms with van der Waals surface area (Å²) in [4.78, 5) is 3.98. The second-order valence-electron chi connectivity index (χ2n) is 2.66. The van der Waals surface area contributed by atoms with E-state index in [-0.39, 0.29) is 0 Å². The lowest BCUT2D eigenvalue weighted by atomic mass is 10.3. The van der Waals surface area contributed by atoms with Crippen LogP contribution in [-0.4, -0.2) is 5.90 Å². The summed E-state index contributed by atoms with van der Waals surface area (Å²) in [6, 6.07) is 9.45. The van der Waals surface area contributed by atoms with Gasteiger partial charge in [-0.15, -0.1) is 0 Å². The molecule has 0 radical (unpaired) electrons. The van der Waals surface area contributed by atoms with Crippen LogP contribution in [0.25, 0.3) is 0 Å². The Hall–Kier alpha value is -2.09. The molecule has 1 aromatic rings. The zero-order chi connectivity index (χ0) is 10.9. The fourth-order valence-electron chi connectivity index (χ4n) is 0.953. The Labute approximate surface area is 89.9 Å². The van der Waals surface area contributed by atoms with Crippen molar-refractivity contribution in [1.82, 2.24) is 0 Å². The predicted octanol–water partition coefficient (Wildman–Crippen LogP) is 3.35. The van der Waals surface area contributed by atoms with Crippen LogP contribution >= 0.6 is 0 Å². The summed E-state index contributed by atoms with van der Waals surface area (Å²) < 4.78 is 5.50. The SMILES string of the molecule is C=C/C=C\C(=NC=C)Oc1ccccc1. The summed E-state index contributed by atoms with van der Waals surface area (Å²) >= 11 is 0. The van der Waals surface area contributed by atoms with Gasteiger partial charge in [0.05, 0.1) is 0 Å². The Morgan fingerprint density at radius 3 is 2.53 bits per heavy atom. The number of benzene rings is 1. The highest BCUT2D eigenvalue weighted by molar-refractivity contribution is 5.90. The van der Waals surface area contributed by atoms with E-state index in [1.165, 1.54) is 6.20 Å². The quantitative estimate of drug-likeness (QED) is 0.414. The maximum absolute atomic E-state index is 5.50. The molecule has 15 heavy (non-hydrogen) atoms. The Morgan fingerprint density at radius 2 is 1.93 bits per heavy atom. The predicted molar refractivity (Wildman–Crippen MR) is 64.0 cm³/mol. The van der Waals surface area contributed by atoms with Crippen molar-refractivity contribution in [2.45, 2.75) is 0 Å². The van der Waals surface area contributed by atoms with Crippen molar-refractivity contribution >= 4 is 5.90 Å². The molecule has 0 atom stereocenters. The molecule has 0 saturated heterocycles. The Kier molecular flexibility index (Phi) is 4.67. The smallest absolute Gasteiger partial charge is 0.219 e. The van der Waals surface area contributed by atoms with Crippen molar-refractivity contribution in [3.63, 3.8) is 0 Å². The van der Waals surface area contributed by atoms with Gasteiger partial charge in [-0.25, -0.2) is 4.99 Å². The molecule has 2 heteroatoms. The minimum Gasteiger partial charge on any atom is -0.439 e. The summed E-state index contributed by atoms with van der Waals surface area (Å²) in [7, 11) is 0. The van der Waals surface area contributed by atoms with Crippen LogP contribution in [0.3, 0.4) is 0 Å². The van der Waals surface area contributed by atoms with Gasteiger partial charge in [0.2, 0.25) is 5.90 Å². The molecule has 0 saturated carbocycles. The lowest BCUT2D eigenvalue weighted by Crippen LogP contribution is -2.03. The zero-order valence-corrected chi connectivity index (χ0v) is 8.47. The van der Waals surface area contributed by atoms with E-state index >= 15 is 0 Å². The van der Waals surface area contributed by atoms with Crippen LogP contribution < -0.4 is 4.74 Å². The van der Waals surface area contributed by atoms with Gasteiger partial charge in [-0.05, 0) is 12.1 Å². The van der Waals surface area contributed by atoms with Crippen LogP contribution in [0.15, 0.2) is 72.9 Å². The van der Waals surface area contributed by atoms with Crippen molar-refractivity contribution in [2.75, 3.05) is 0 Å². The second-order valence-corrected chi connectivity index (χ2v) is 2.66. The number of nitrogens with zero attached hydrogens (tertiary/aromatic N) is 1. The Morgan fingerprint density at radius 1 is 1.20 bits per heavy atom. The molecule has 0 amide bonds. The maximum atomic E-state index is 5.50. The highest BCUT2D eigenvalue weighted by atomic mass is 16.5. The van der Waals surface area contributed by atoms with Crippen LogP contribution in [0.1, 0.15) is 0 Å². The number of hydrogen-bond acceptors (Lipinski definition) is 2. The first-order valence-electron chi connectivity index (χ1n) is 4.57. The minimum atomic E-state index is 0.483. The van der Waals surface area contributed by atoms with E-state index in [4.69, 9.17) is 4.74 Å². The molecule has 0 N–H and O–H groups in total. The highest BCUT2D eigenvalue weighted by Crippen LogP contribution is 2.09. The lowest BCUT2D eigenvalue weighted by Gasteiger charge is -2.03. The van der Waals surface area contributed by atoms with E-state index in [1.807, 2.05) is 30.3 Å². The van der Waals surface area contributed by atoms with Crippen LogP contribution in [0.5, 0.6) is 5.75 Å². The molecular formula is C13H13NO. The van der Waals surface area contributed by atoms with E-state index in [0.29, 0.717) is 5.90 Å². The molecule has 0 aliphatic carbocycles. The molecule has 2 nitrogen and oxygen atoms in total. The molecule has 0 aliphatic heterocycles. The normalized spacial score (nSPS) is 11.3. The number of hydrogen-bond donors (Lipinski definition) is 0. The minimum absolute atomic E-state index is 0.483. The summed E-state index contributed by atoms with van der Waals surface area (Å²) in [5.74, 6) is 1.22. The van der Waals surface area contributed by atoms with Crippen LogP contribution in [0, 0.1) is 0 Å². The molecule has 76 valence electrons. The molecule has 0 aromatic heterocycles. The summed E-state index contributed by atoms with van der Waals surface area (Å²) in [6.07, 6.45) is 6.58. The largest absolute Gasteiger partial charge is 0.439 e. The third kappa shape index (κ3) is 4.09. The topological polar surface area (TPSA) is 21.6 Å². The number of allylic oxidation sites excluding steroid dienone is 2. The van der Waals surface area contributed by atoms with Gasteiger partial charge in [-0.3, -0.25) is 0 Å². The third-order valence-electron chi connectivity index (χ3n) is 1.56. The first-order valence-corrected chi connectivity index (χ1v) is 4.57. The summed E-state index contributed by atoms with van der Waals surface area (Å²) in [6.45, 7) is 7.10. The standard InChI is InChI=1S/C13H13NO/c1-3-5-11-13(14-4-2)15-12-9-7-6-8-10-12/h3-11H,1-2H2/b11-5-,14-13?. The average Bonchev–Trinajstić information content (AvgIpc) is 2.28. The number of ether oxygens (including phenoxy) is 1. The van der Waals surface area contributed by atoms with Gasteiger partial charge in [0.25, 0.3) is 0 Å². The van der Waals surface area contributed by atoms with Crippen LogP contribution in [-0.2, 0) is 0 Å². The molecule has 0 spiro atoms. The molecule has 0 bridgehead atoms.